The van der Waals surface area contributed by atoms with E-state index in [2.05, 4.69) is 146 Å². The zero-order valence-electron chi connectivity index (χ0n) is 24.9. The summed E-state index contributed by atoms with van der Waals surface area (Å²) in [5, 5.41) is 7.16. The predicted octanol–water partition coefficient (Wildman–Crippen LogP) is 11.1. The standard InChI is InChI=1S/C41H27N3S/c1-41(2)32-22-30-27-16-8-10-18-33(27)44(34(30)23-31(32)36-28-17-9-11-19-35(28)45-39(36)41)40-42-37(25-13-4-3-5-14-25)29-21-20-24-12-6-7-15-26(24)38(29)43-40/h3-23H,1-2H3. The Bertz CT molecular complexity index is 2680. The van der Waals surface area contributed by atoms with Crippen LogP contribution in [0.25, 0.3) is 81.9 Å². The summed E-state index contributed by atoms with van der Waals surface area (Å²) >= 11 is 1.93. The van der Waals surface area contributed by atoms with Gasteiger partial charge in [-0.25, -0.2) is 9.97 Å². The molecule has 3 nitrogen and oxygen atoms in total. The lowest BCUT2D eigenvalue weighted by molar-refractivity contribution is 0.675. The van der Waals surface area contributed by atoms with Gasteiger partial charge < -0.3 is 0 Å². The molecule has 0 saturated heterocycles. The number of benzene rings is 6. The molecule has 0 saturated carbocycles. The summed E-state index contributed by atoms with van der Waals surface area (Å²) in [7, 11) is 0. The average molecular weight is 594 g/mol. The van der Waals surface area contributed by atoms with E-state index in [1.807, 2.05) is 11.3 Å². The molecular formula is C41H27N3S. The molecule has 0 aliphatic heterocycles. The molecule has 9 aromatic rings. The number of hydrogen-bond donors (Lipinski definition) is 0. The van der Waals surface area contributed by atoms with E-state index in [-0.39, 0.29) is 5.41 Å². The third kappa shape index (κ3) is 3.35. The van der Waals surface area contributed by atoms with Gasteiger partial charge >= 0.3 is 0 Å². The van der Waals surface area contributed by atoms with Crippen LogP contribution >= 0.6 is 11.3 Å². The van der Waals surface area contributed by atoms with Crippen molar-refractivity contribution in [1.82, 2.24) is 14.5 Å². The van der Waals surface area contributed by atoms with E-state index >= 15 is 0 Å². The first-order chi connectivity index (χ1) is 22.1. The van der Waals surface area contributed by atoms with Crippen molar-refractivity contribution in [2.24, 2.45) is 0 Å². The molecular weight excluding hydrogens is 567 g/mol. The van der Waals surface area contributed by atoms with Crippen molar-refractivity contribution >= 4 is 64.9 Å². The van der Waals surface area contributed by atoms with E-state index in [1.54, 1.807) is 0 Å². The fourth-order valence-corrected chi connectivity index (χ4v) is 8.93. The van der Waals surface area contributed by atoms with Gasteiger partial charge in [-0.1, -0.05) is 111 Å². The SMILES string of the molecule is CC1(C)c2cc3c4ccccc4n(-c4nc(-c5ccccc5)c5ccc6ccccc6c5n4)c3cc2-c2c1sc1ccccc21. The molecule has 1 aliphatic rings. The molecule has 0 spiro atoms. The molecule has 0 radical (unpaired) electrons. The number of fused-ring (bicyclic) bond motifs is 11. The Morgan fingerprint density at radius 1 is 0.600 bits per heavy atom. The van der Waals surface area contributed by atoms with Gasteiger partial charge in [-0.05, 0) is 46.8 Å². The Kier molecular flexibility index (Phi) is 4.94. The highest BCUT2D eigenvalue weighted by atomic mass is 32.1. The topological polar surface area (TPSA) is 30.7 Å². The van der Waals surface area contributed by atoms with Gasteiger partial charge in [-0.3, -0.25) is 4.57 Å². The number of para-hydroxylation sites is 1. The van der Waals surface area contributed by atoms with Crippen LogP contribution in [0.15, 0.2) is 127 Å². The molecule has 1 aliphatic carbocycles. The number of aromatic nitrogens is 3. The van der Waals surface area contributed by atoms with Crippen molar-refractivity contribution in [3.05, 3.63) is 138 Å². The third-order valence-electron chi connectivity index (χ3n) is 9.74. The number of thiophene rings is 1. The van der Waals surface area contributed by atoms with E-state index in [0.717, 1.165) is 38.6 Å². The van der Waals surface area contributed by atoms with E-state index in [4.69, 9.17) is 9.97 Å². The van der Waals surface area contributed by atoms with Gasteiger partial charge in [0.1, 0.15) is 0 Å². The van der Waals surface area contributed by atoms with Crippen LogP contribution in [0.2, 0.25) is 0 Å². The van der Waals surface area contributed by atoms with Gasteiger partial charge in [-0.15, -0.1) is 11.3 Å². The average Bonchev–Trinajstić information content (AvgIpc) is 3.70. The lowest BCUT2D eigenvalue weighted by atomic mass is 9.86. The third-order valence-corrected chi connectivity index (χ3v) is 11.2. The first-order valence-electron chi connectivity index (χ1n) is 15.4. The van der Waals surface area contributed by atoms with Crippen molar-refractivity contribution in [2.45, 2.75) is 19.3 Å². The zero-order chi connectivity index (χ0) is 29.9. The molecule has 0 atom stereocenters. The summed E-state index contributed by atoms with van der Waals surface area (Å²) < 4.78 is 3.64. The molecule has 6 aromatic carbocycles. The fraction of sp³-hybridized carbons (Fsp3) is 0.0732. The van der Waals surface area contributed by atoms with Gasteiger partial charge in [0.15, 0.2) is 0 Å². The monoisotopic (exact) mass is 593 g/mol. The Morgan fingerprint density at radius 3 is 2.20 bits per heavy atom. The van der Waals surface area contributed by atoms with Crippen LogP contribution in [-0.4, -0.2) is 14.5 Å². The minimum Gasteiger partial charge on any atom is -0.278 e. The minimum atomic E-state index is -0.0788. The van der Waals surface area contributed by atoms with Crippen LogP contribution in [-0.2, 0) is 5.41 Å². The summed E-state index contributed by atoms with van der Waals surface area (Å²) in [6.45, 7) is 4.75. The molecule has 0 unspecified atom stereocenters. The summed E-state index contributed by atoms with van der Waals surface area (Å²) in [4.78, 5) is 12.2. The summed E-state index contributed by atoms with van der Waals surface area (Å²) in [6, 6.07) is 45.8. The maximum atomic E-state index is 5.39. The molecule has 0 N–H and O–H groups in total. The minimum absolute atomic E-state index is 0.0788. The number of rotatable bonds is 2. The predicted molar refractivity (Wildman–Crippen MR) is 190 cm³/mol. The second-order valence-electron chi connectivity index (χ2n) is 12.6. The molecule has 4 heteroatoms. The normalized spacial score (nSPS) is 13.7. The summed E-state index contributed by atoms with van der Waals surface area (Å²) in [6.07, 6.45) is 0. The summed E-state index contributed by atoms with van der Waals surface area (Å²) in [5.74, 6) is 0.691. The number of nitrogens with zero attached hydrogens (tertiary/aromatic N) is 3. The zero-order valence-corrected chi connectivity index (χ0v) is 25.7. The fourth-order valence-electron chi connectivity index (χ4n) is 7.60. The molecule has 0 bridgehead atoms. The Hall–Kier alpha value is -5.32. The van der Waals surface area contributed by atoms with E-state index in [1.165, 1.54) is 47.8 Å². The highest BCUT2D eigenvalue weighted by molar-refractivity contribution is 7.20. The number of hydrogen-bond acceptors (Lipinski definition) is 3. The largest absolute Gasteiger partial charge is 0.278 e. The first-order valence-corrected chi connectivity index (χ1v) is 16.2. The molecule has 0 amide bonds. The highest BCUT2D eigenvalue weighted by Gasteiger charge is 2.39. The lowest BCUT2D eigenvalue weighted by Gasteiger charge is -2.20. The van der Waals surface area contributed by atoms with Crippen molar-refractivity contribution in [1.29, 1.82) is 0 Å². The molecule has 3 heterocycles. The smallest absolute Gasteiger partial charge is 0.235 e. The van der Waals surface area contributed by atoms with Crippen LogP contribution in [0.4, 0.5) is 0 Å². The maximum absolute atomic E-state index is 5.39. The van der Waals surface area contributed by atoms with Gasteiger partial charge in [0.2, 0.25) is 5.95 Å². The Balaban J connectivity index is 1.35. The van der Waals surface area contributed by atoms with Gasteiger partial charge in [0.05, 0.1) is 22.2 Å². The van der Waals surface area contributed by atoms with Gasteiger partial charge in [0.25, 0.3) is 0 Å². The van der Waals surface area contributed by atoms with Crippen LogP contribution in [0, 0.1) is 0 Å². The van der Waals surface area contributed by atoms with E-state index in [0.29, 0.717) is 5.95 Å². The molecule has 10 rings (SSSR count). The molecule has 212 valence electrons. The van der Waals surface area contributed by atoms with Crippen molar-refractivity contribution < 1.29 is 0 Å². The van der Waals surface area contributed by atoms with Gasteiger partial charge in [-0.2, -0.15) is 0 Å². The molecule has 0 fully saturated rings. The second-order valence-corrected chi connectivity index (χ2v) is 13.7. The quantitative estimate of drug-likeness (QED) is 0.187. The molecule has 3 aromatic heterocycles. The Labute approximate surface area is 264 Å². The van der Waals surface area contributed by atoms with Gasteiger partial charge in [0, 0.05) is 53.1 Å². The maximum Gasteiger partial charge on any atom is 0.235 e. The van der Waals surface area contributed by atoms with Crippen molar-refractivity contribution in [3.8, 4) is 28.3 Å². The van der Waals surface area contributed by atoms with Crippen LogP contribution in [0.1, 0.15) is 24.3 Å². The Morgan fingerprint density at radius 2 is 1.33 bits per heavy atom. The van der Waals surface area contributed by atoms with Crippen LogP contribution < -0.4 is 0 Å². The lowest BCUT2D eigenvalue weighted by Crippen LogP contribution is -2.13. The van der Waals surface area contributed by atoms with Crippen LogP contribution in [0.5, 0.6) is 0 Å². The van der Waals surface area contributed by atoms with Crippen molar-refractivity contribution in [2.75, 3.05) is 0 Å². The molecule has 45 heavy (non-hydrogen) atoms. The van der Waals surface area contributed by atoms with E-state index < -0.39 is 0 Å². The summed E-state index contributed by atoms with van der Waals surface area (Å²) in [5.41, 5.74) is 9.25. The van der Waals surface area contributed by atoms with E-state index in [9.17, 15) is 0 Å². The first kappa shape index (κ1) is 25.1. The highest BCUT2D eigenvalue weighted by Crippen LogP contribution is 2.56. The second kappa shape index (κ2) is 8.87. The van der Waals surface area contributed by atoms with Crippen LogP contribution in [0.3, 0.4) is 0 Å². The van der Waals surface area contributed by atoms with Crippen molar-refractivity contribution in [3.63, 3.8) is 0 Å².